The fourth-order valence-electron chi connectivity index (χ4n) is 2.58. The molecule has 0 bridgehead atoms. The van der Waals surface area contributed by atoms with E-state index in [1.807, 2.05) is 78.5 Å². The second-order valence-electron chi connectivity index (χ2n) is 6.34. The highest BCUT2D eigenvalue weighted by molar-refractivity contribution is 5.88. The van der Waals surface area contributed by atoms with E-state index in [0.717, 1.165) is 17.1 Å². The van der Waals surface area contributed by atoms with Crippen molar-refractivity contribution in [3.63, 3.8) is 0 Å². The van der Waals surface area contributed by atoms with Crippen LogP contribution in [0.5, 0.6) is 11.5 Å². The maximum atomic E-state index is 11.9. The molecule has 0 saturated heterocycles. The zero-order valence-electron chi connectivity index (χ0n) is 15.9. The van der Waals surface area contributed by atoms with E-state index < -0.39 is 0 Å². The van der Waals surface area contributed by atoms with E-state index in [2.05, 4.69) is 0 Å². The topological polar surface area (TPSA) is 48.6 Å². The average molecular weight is 378 g/mol. The Hall–Kier alpha value is -3.34. The molecule has 0 fully saturated rings. The predicted octanol–water partition coefficient (Wildman–Crippen LogP) is 3.72. The molecule has 144 valence electrons. The number of ether oxygens (including phenoxy) is 3. The summed E-state index contributed by atoms with van der Waals surface area (Å²) in [6, 6.07) is 21.1. The monoisotopic (exact) mass is 378 g/mol. The van der Waals surface area contributed by atoms with Crippen LogP contribution < -0.4 is 14.0 Å². The molecule has 1 aromatic heterocycles. The van der Waals surface area contributed by atoms with E-state index in [1.54, 1.807) is 12.3 Å². The van der Waals surface area contributed by atoms with Crippen LogP contribution in [0.15, 0.2) is 79.1 Å². The lowest BCUT2D eigenvalue weighted by atomic mass is 10.2. The van der Waals surface area contributed by atoms with Gasteiger partial charge in [-0.1, -0.05) is 30.3 Å². The third kappa shape index (κ3) is 6.13. The van der Waals surface area contributed by atoms with E-state index in [-0.39, 0.29) is 5.97 Å². The van der Waals surface area contributed by atoms with Crippen molar-refractivity contribution in [3.8, 4) is 11.5 Å². The molecule has 0 spiro atoms. The number of aryl methyl sites for hydroxylation is 1. The summed E-state index contributed by atoms with van der Waals surface area (Å²) in [6.45, 7) is 1.32. The molecule has 0 aliphatic rings. The molecular weight excluding hydrogens is 354 g/mol. The van der Waals surface area contributed by atoms with E-state index >= 15 is 0 Å². The molecule has 1 heterocycles. The summed E-state index contributed by atoms with van der Waals surface area (Å²) in [5.74, 6) is 1.23. The Balaban J connectivity index is 1.34. The number of carbonyl (C=O) groups is 1. The SMILES string of the molecule is C[n+]1cccc(C(=O)OCCCOc2ccc(OCc3ccccc3)cc2)c1. The molecule has 0 aliphatic heterocycles. The number of nitrogens with zero attached hydrogens (tertiary/aromatic N) is 1. The zero-order valence-corrected chi connectivity index (χ0v) is 15.9. The van der Waals surface area contributed by atoms with Crippen LogP contribution in [-0.2, 0) is 18.4 Å². The molecule has 0 unspecified atom stereocenters. The van der Waals surface area contributed by atoms with Gasteiger partial charge >= 0.3 is 5.97 Å². The molecule has 0 atom stereocenters. The first-order chi connectivity index (χ1) is 13.7. The van der Waals surface area contributed by atoms with Gasteiger partial charge in [0.25, 0.3) is 0 Å². The Morgan fingerprint density at radius 3 is 2.29 bits per heavy atom. The normalized spacial score (nSPS) is 10.3. The Labute approximate surface area is 165 Å². The van der Waals surface area contributed by atoms with Gasteiger partial charge < -0.3 is 14.2 Å². The fourth-order valence-corrected chi connectivity index (χ4v) is 2.58. The van der Waals surface area contributed by atoms with E-state index in [9.17, 15) is 4.79 Å². The van der Waals surface area contributed by atoms with Crippen LogP contribution in [0.1, 0.15) is 22.3 Å². The minimum Gasteiger partial charge on any atom is -0.493 e. The zero-order chi connectivity index (χ0) is 19.6. The van der Waals surface area contributed by atoms with E-state index in [1.165, 1.54) is 0 Å². The molecule has 5 heteroatoms. The van der Waals surface area contributed by atoms with Crippen molar-refractivity contribution >= 4 is 5.97 Å². The van der Waals surface area contributed by atoms with Crippen molar-refractivity contribution in [2.24, 2.45) is 7.05 Å². The largest absolute Gasteiger partial charge is 0.493 e. The predicted molar refractivity (Wildman–Crippen MR) is 105 cm³/mol. The number of carbonyl (C=O) groups excluding carboxylic acids is 1. The number of benzene rings is 2. The van der Waals surface area contributed by atoms with Crippen molar-refractivity contribution in [2.75, 3.05) is 13.2 Å². The number of aromatic nitrogens is 1. The van der Waals surface area contributed by atoms with Gasteiger partial charge in [0.2, 0.25) is 0 Å². The van der Waals surface area contributed by atoms with Crippen LogP contribution in [0.4, 0.5) is 0 Å². The first-order valence-electron chi connectivity index (χ1n) is 9.23. The average Bonchev–Trinajstić information content (AvgIpc) is 2.73. The number of hydrogen-bond donors (Lipinski definition) is 0. The molecule has 0 aliphatic carbocycles. The third-order valence-electron chi connectivity index (χ3n) is 4.04. The third-order valence-corrected chi connectivity index (χ3v) is 4.04. The number of esters is 1. The highest BCUT2D eigenvalue weighted by Gasteiger charge is 2.10. The first-order valence-corrected chi connectivity index (χ1v) is 9.23. The molecule has 0 amide bonds. The van der Waals surface area contributed by atoms with Crippen LogP contribution in [0, 0.1) is 0 Å². The highest BCUT2D eigenvalue weighted by Crippen LogP contribution is 2.18. The summed E-state index contributed by atoms with van der Waals surface area (Å²) in [4.78, 5) is 11.9. The second kappa shape index (κ2) is 10.1. The van der Waals surface area contributed by atoms with Crippen LogP contribution in [0.3, 0.4) is 0 Å². The van der Waals surface area contributed by atoms with E-state index in [4.69, 9.17) is 14.2 Å². The molecule has 3 rings (SSSR count). The van der Waals surface area contributed by atoms with Gasteiger partial charge in [-0.3, -0.25) is 0 Å². The van der Waals surface area contributed by atoms with Gasteiger partial charge in [0.05, 0.1) is 13.2 Å². The quantitative estimate of drug-likeness (QED) is 0.324. The van der Waals surface area contributed by atoms with Gasteiger partial charge in [0, 0.05) is 12.5 Å². The van der Waals surface area contributed by atoms with Crippen LogP contribution >= 0.6 is 0 Å². The van der Waals surface area contributed by atoms with Gasteiger partial charge in [-0.05, 0) is 35.9 Å². The first kappa shape index (κ1) is 19.4. The van der Waals surface area contributed by atoms with Gasteiger partial charge in [0.15, 0.2) is 12.4 Å². The van der Waals surface area contributed by atoms with Crippen molar-refractivity contribution < 1.29 is 23.6 Å². The molecule has 0 radical (unpaired) electrons. The lowest BCUT2D eigenvalue weighted by molar-refractivity contribution is -0.671. The Morgan fingerprint density at radius 1 is 0.857 bits per heavy atom. The van der Waals surface area contributed by atoms with E-state index in [0.29, 0.717) is 31.8 Å². The van der Waals surface area contributed by atoms with Crippen molar-refractivity contribution in [1.29, 1.82) is 0 Å². The molecule has 3 aromatic rings. The molecular formula is C23H24NO4+. The Morgan fingerprint density at radius 2 is 1.57 bits per heavy atom. The second-order valence-corrected chi connectivity index (χ2v) is 6.34. The number of hydrogen-bond acceptors (Lipinski definition) is 4. The van der Waals surface area contributed by atoms with Gasteiger partial charge in [-0.15, -0.1) is 0 Å². The van der Waals surface area contributed by atoms with Crippen molar-refractivity contribution in [3.05, 3.63) is 90.3 Å². The van der Waals surface area contributed by atoms with Crippen molar-refractivity contribution in [2.45, 2.75) is 13.0 Å². The summed E-state index contributed by atoms with van der Waals surface area (Å²) in [5, 5.41) is 0. The fraction of sp³-hybridized carbons (Fsp3) is 0.217. The Bertz CT molecular complexity index is 879. The summed E-state index contributed by atoms with van der Waals surface area (Å²) >= 11 is 0. The summed E-state index contributed by atoms with van der Waals surface area (Å²) in [5.41, 5.74) is 1.67. The standard InChI is InChI=1S/C23H24NO4/c1-24-14-5-9-20(17-24)23(25)27-16-6-15-26-21-10-12-22(13-11-21)28-18-19-7-3-2-4-8-19/h2-5,7-14,17H,6,15-16,18H2,1H3/q+1. The summed E-state index contributed by atoms with van der Waals surface area (Å²) in [7, 11) is 1.86. The Kier molecular flexibility index (Phi) is 7.01. The molecule has 0 saturated carbocycles. The molecule has 2 aromatic carbocycles. The summed E-state index contributed by atoms with van der Waals surface area (Å²) in [6.07, 6.45) is 4.22. The number of pyridine rings is 1. The molecule has 5 nitrogen and oxygen atoms in total. The highest BCUT2D eigenvalue weighted by atomic mass is 16.5. The van der Waals surface area contributed by atoms with Gasteiger partial charge in [-0.25, -0.2) is 9.36 Å². The van der Waals surface area contributed by atoms with Crippen LogP contribution in [-0.4, -0.2) is 19.2 Å². The lowest BCUT2D eigenvalue weighted by Crippen LogP contribution is -2.28. The minimum atomic E-state index is -0.323. The molecule has 0 N–H and O–H groups in total. The maximum Gasteiger partial charge on any atom is 0.344 e. The van der Waals surface area contributed by atoms with Crippen LogP contribution in [0.2, 0.25) is 0 Å². The van der Waals surface area contributed by atoms with Crippen LogP contribution in [0.25, 0.3) is 0 Å². The number of rotatable bonds is 9. The summed E-state index contributed by atoms with van der Waals surface area (Å²) < 4.78 is 18.5. The maximum absolute atomic E-state index is 11.9. The smallest absolute Gasteiger partial charge is 0.344 e. The van der Waals surface area contributed by atoms with Crippen molar-refractivity contribution in [1.82, 2.24) is 0 Å². The van der Waals surface area contributed by atoms with Gasteiger partial charge in [-0.2, -0.15) is 0 Å². The lowest BCUT2D eigenvalue weighted by Gasteiger charge is -2.09. The minimum absolute atomic E-state index is 0.315. The molecule has 28 heavy (non-hydrogen) atoms. The van der Waals surface area contributed by atoms with Gasteiger partial charge in [0.1, 0.15) is 30.7 Å².